The number of carbonyl (C=O) groups is 1. The van der Waals surface area contributed by atoms with Crippen molar-refractivity contribution in [3.8, 4) is 0 Å². The third kappa shape index (κ3) is 3.59. The van der Waals surface area contributed by atoms with E-state index >= 15 is 0 Å². The van der Waals surface area contributed by atoms with Gasteiger partial charge in [0.25, 0.3) is 0 Å². The Labute approximate surface area is 102 Å². The van der Waals surface area contributed by atoms with E-state index in [1.54, 1.807) is 13.8 Å². The number of likely N-dealkylation sites (tertiary alicyclic amines) is 1. The minimum absolute atomic E-state index is 0.0730. The molecule has 6 heteroatoms. The average Bonchev–Trinajstić information content (AvgIpc) is 2.80. The van der Waals surface area contributed by atoms with Gasteiger partial charge in [0, 0.05) is 13.1 Å². The van der Waals surface area contributed by atoms with Gasteiger partial charge in [0.2, 0.25) is 5.91 Å². The van der Waals surface area contributed by atoms with Gasteiger partial charge in [-0.05, 0) is 39.8 Å². The lowest BCUT2D eigenvalue weighted by molar-refractivity contribution is -0.126. The van der Waals surface area contributed by atoms with Gasteiger partial charge in [0.1, 0.15) is 5.41 Å². The topological polar surface area (TPSA) is 91.0 Å². The lowest BCUT2D eigenvalue weighted by Gasteiger charge is -2.22. The summed E-state index contributed by atoms with van der Waals surface area (Å²) in [5.41, 5.74) is 4.50. The van der Waals surface area contributed by atoms with Gasteiger partial charge in [-0.1, -0.05) is 5.16 Å². The summed E-state index contributed by atoms with van der Waals surface area (Å²) in [4.78, 5) is 14.2. The number of hydrogen-bond donors (Lipinski definition) is 3. The number of amidine groups is 1. The summed E-state index contributed by atoms with van der Waals surface area (Å²) >= 11 is 0. The first kappa shape index (κ1) is 13.8. The Morgan fingerprint density at radius 3 is 2.59 bits per heavy atom. The number of nitrogens with one attached hydrogen (secondary N) is 1. The quantitative estimate of drug-likeness (QED) is 0.273. The minimum Gasteiger partial charge on any atom is -0.409 e. The van der Waals surface area contributed by atoms with Crippen LogP contribution in [0.3, 0.4) is 0 Å². The van der Waals surface area contributed by atoms with Gasteiger partial charge in [-0.15, -0.1) is 0 Å². The molecule has 1 aliphatic heterocycles. The smallest absolute Gasteiger partial charge is 0.233 e. The lowest BCUT2D eigenvalue weighted by Crippen LogP contribution is -2.47. The molecule has 0 aliphatic carbocycles. The fourth-order valence-corrected chi connectivity index (χ4v) is 1.80. The predicted octanol–water partition coefficient (Wildman–Crippen LogP) is -0.0290. The van der Waals surface area contributed by atoms with Crippen LogP contribution < -0.4 is 11.1 Å². The fraction of sp³-hybridized carbons (Fsp3) is 0.818. The maximum atomic E-state index is 11.8. The van der Waals surface area contributed by atoms with Gasteiger partial charge in [0.05, 0.1) is 0 Å². The van der Waals surface area contributed by atoms with E-state index in [1.165, 1.54) is 12.8 Å². The zero-order valence-corrected chi connectivity index (χ0v) is 10.6. The van der Waals surface area contributed by atoms with E-state index in [9.17, 15) is 4.79 Å². The molecule has 0 spiro atoms. The molecule has 0 radical (unpaired) electrons. The maximum absolute atomic E-state index is 11.8. The number of oxime groups is 1. The van der Waals surface area contributed by atoms with Crippen molar-refractivity contribution in [2.75, 3.05) is 26.2 Å². The molecule has 1 saturated heterocycles. The largest absolute Gasteiger partial charge is 0.409 e. The van der Waals surface area contributed by atoms with E-state index in [0.717, 1.165) is 19.6 Å². The third-order valence-electron chi connectivity index (χ3n) is 3.23. The molecule has 0 unspecified atom stereocenters. The van der Waals surface area contributed by atoms with E-state index in [0.29, 0.717) is 6.54 Å². The Bertz CT molecular complexity index is 296. The zero-order valence-electron chi connectivity index (χ0n) is 10.6. The molecule has 1 amide bonds. The second-order valence-electron chi connectivity index (χ2n) is 4.91. The summed E-state index contributed by atoms with van der Waals surface area (Å²) in [5.74, 6) is -0.289. The summed E-state index contributed by atoms with van der Waals surface area (Å²) in [6, 6.07) is 0. The minimum atomic E-state index is -0.972. The molecule has 1 aliphatic rings. The molecule has 0 bridgehead atoms. The van der Waals surface area contributed by atoms with Crippen molar-refractivity contribution in [2.45, 2.75) is 26.7 Å². The summed E-state index contributed by atoms with van der Waals surface area (Å²) in [7, 11) is 0. The highest BCUT2D eigenvalue weighted by molar-refractivity contribution is 6.05. The molecule has 17 heavy (non-hydrogen) atoms. The highest BCUT2D eigenvalue weighted by Gasteiger charge is 2.32. The zero-order chi connectivity index (χ0) is 12.9. The second kappa shape index (κ2) is 5.86. The van der Waals surface area contributed by atoms with Crippen LogP contribution in [-0.4, -0.2) is 48.0 Å². The van der Waals surface area contributed by atoms with Crippen LogP contribution in [0.15, 0.2) is 5.16 Å². The average molecular weight is 242 g/mol. The van der Waals surface area contributed by atoms with Gasteiger partial charge in [-0.2, -0.15) is 0 Å². The van der Waals surface area contributed by atoms with Gasteiger partial charge >= 0.3 is 0 Å². The molecule has 6 nitrogen and oxygen atoms in total. The summed E-state index contributed by atoms with van der Waals surface area (Å²) in [6.45, 7) is 6.94. The maximum Gasteiger partial charge on any atom is 0.233 e. The fourth-order valence-electron chi connectivity index (χ4n) is 1.80. The number of nitrogens with zero attached hydrogens (tertiary/aromatic N) is 2. The molecule has 0 aromatic carbocycles. The Hall–Kier alpha value is -1.30. The summed E-state index contributed by atoms with van der Waals surface area (Å²) in [5, 5.41) is 14.3. The van der Waals surface area contributed by atoms with Gasteiger partial charge in [0.15, 0.2) is 5.84 Å². The van der Waals surface area contributed by atoms with Crippen LogP contribution in [0.1, 0.15) is 26.7 Å². The molecule has 0 atom stereocenters. The molecular weight excluding hydrogens is 220 g/mol. The Morgan fingerprint density at radius 1 is 1.47 bits per heavy atom. The first-order valence-corrected chi connectivity index (χ1v) is 5.97. The van der Waals surface area contributed by atoms with E-state index in [-0.39, 0.29) is 11.7 Å². The molecule has 1 rings (SSSR count). The highest BCUT2D eigenvalue weighted by atomic mass is 16.4. The van der Waals surface area contributed by atoms with Crippen molar-refractivity contribution in [3.63, 3.8) is 0 Å². The van der Waals surface area contributed by atoms with Gasteiger partial charge in [-0.3, -0.25) is 4.79 Å². The SMILES string of the molecule is CC(C)(C(=O)NCCN1CCCC1)/C(N)=N/O. The van der Waals surface area contributed by atoms with Gasteiger partial charge in [-0.25, -0.2) is 0 Å². The van der Waals surface area contributed by atoms with E-state index < -0.39 is 5.41 Å². The summed E-state index contributed by atoms with van der Waals surface area (Å²) in [6.07, 6.45) is 2.48. The molecule has 0 aromatic heterocycles. The number of hydrogen-bond acceptors (Lipinski definition) is 4. The second-order valence-corrected chi connectivity index (χ2v) is 4.91. The predicted molar refractivity (Wildman–Crippen MR) is 65.9 cm³/mol. The lowest BCUT2D eigenvalue weighted by atomic mass is 9.91. The number of rotatable bonds is 5. The van der Waals surface area contributed by atoms with Crippen molar-refractivity contribution >= 4 is 11.7 Å². The van der Waals surface area contributed by atoms with Crippen LogP contribution in [0.25, 0.3) is 0 Å². The molecule has 1 fully saturated rings. The van der Waals surface area contributed by atoms with Crippen molar-refractivity contribution in [2.24, 2.45) is 16.3 Å². The molecule has 0 aromatic rings. The molecule has 98 valence electrons. The number of amides is 1. The Kier molecular flexibility index (Phi) is 4.74. The Balaban J connectivity index is 2.33. The summed E-state index contributed by atoms with van der Waals surface area (Å²) < 4.78 is 0. The van der Waals surface area contributed by atoms with E-state index in [4.69, 9.17) is 10.9 Å². The van der Waals surface area contributed by atoms with Crippen LogP contribution in [0.4, 0.5) is 0 Å². The van der Waals surface area contributed by atoms with Crippen LogP contribution in [-0.2, 0) is 4.79 Å². The molecular formula is C11H22N4O2. The van der Waals surface area contributed by atoms with E-state index in [2.05, 4.69) is 15.4 Å². The van der Waals surface area contributed by atoms with Gasteiger partial charge < -0.3 is 21.2 Å². The number of carbonyl (C=O) groups excluding carboxylic acids is 1. The van der Waals surface area contributed by atoms with Crippen molar-refractivity contribution in [1.82, 2.24) is 10.2 Å². The molecule has 1 heterocycles. The molecule has 0 saturated carbocycles. The third-order valence-corrected chi connectivity index (χ3v) is 3.23. The van der Waals surface area contributed by atoms with Crippen molar-refractivity contribution in [1.29, 1.82) is 0 Å². The van der Waals surface area contributed by atoms with Crippen LogP contribution in [0, 0.1) is 5.41 Å². The first-order valence-electron chi connectivity index (χ1n) is 5.97. The van der Waals surface area contributed by atoms with Crippen molar-refractivity contribution in [3.05, 3.63) is 0 Å². The van der Waals surface area contributed by atoms with Crippen LogP contribution in [0.5, 0.6) is 0 Å². The number of nitrogens with two attached hydrogens (primary N) is 1. The monoisotopic (exact) mass is 242 g/mol. The Morgan fingerprint density at radius 2 is 2.06 bits per heavy atom. The van der Waals surface area contributed by atoms with Crippen molar-refractivity contribution < 1.29 is 10.0 Å². The highest BCUT2D eigenvalue weighted by Crippen LogP contribution is 2.15. The van der Waals surface area contributed by atoms with E-state index in [1.807, 2.05) is 0 Å². The first-order chi connectivity index (χ1) is 7.98. The molecule has 4 N–H and O–H groups in total. The van der Waals surface area contributed by atoms with Crippen LogP contribution in [0.2, 0.25) is 0 Å². The van der Waals surface area contributed by atoms with Crippen LogP contribution >= 0.6 is 0 Å². The normalized spacial score (nSPS) is 18.4. The standard InChI is InChI=1S/C11H22N4O2/c1-11(2,9(12)14-17)10(16)13-5-8-15-6-3-4-7-15/h17H,3-8H2,1-2H3,(H2,12,14)(H,13,16).